The van der Waals surface area contributed by atoms with Crippen LogP contribution in [-0.2, 0) is 14.4 Å². The number of aryl methyl sites for hydroxylation is 2. The topological polar surface area (TPSA) is 111 Å². The van der Waals surface area contributed by atoms with Crippen LogP contribution in [0.15, 0.2) is 47.5 Å². The van der Waals surface area contributed by atoms with Gasteiger partial charge < -0.3 is 15.5 Å². The van der Waals surface area contributed by atoms with E-state index in [1.807, 2.05) is 36.9 Å². The van der Waals surface area contributed by atoms with Crippen LogP contribution in [-0.4, -0.2) is 60.5 Å². The average molecular weight is 504 g/mol. The summed E-state index contributed by atoms with van der Waals surface area (Å²) < 4.78 is 0. The molecule has 4 rings (SSSR count). The summed E-state index contributed by atoms with van der Waals surface area (Å²) >= 11 is 0. The predicted molar refractivity (Wildman–Crippen MR) is 143 cm³/mol. The van der Waals surface area contributed by atoms with Crippen LogP contribution in [0, 0.1) is 13.8 Å². The lowest BCUT2D eigenvalue weighted by molar-refractivity contribution is -0.132. The van der Waals surface area contributed by atoms with Crippen molar-refractivity contribution in [2.45, 2.75) is 52.1 Å². The van der Waals surface area contributed by atoms with Crippen LogP contribution in [0.2, 0.25) is 0 Å². The van der Waals surface area contributed by atoms with E-state index in [9.17, 15) is 19.2 Å². The van der Waals surface area contributed by atoms with E-state index in [4.69, 9.17) is 0 Å². The van der Waals surface area contributed by atoms with Gasteiger partial charge in [-0.25, -0.2) is 9.79 Å². The lowest BCUT2D eigenvalue weighted by Gasteiger charge is -2.30. The van der Waals surface area contributed by atoms with Gasteiger partial charge in [0.05, 0.1) is 5.69 Å². The maximum atomic E-state index is 13.8. The molecule has 1 saturated heterocycles. The van der Waals surface area contributed by atoms with E-state index in [1.54, 1.807) is 24.3 Å². The van der Waals surface area contributed by atoms with Crippen molar-refractivity contribution in [1.82, 2.24) is 10.2 Å². The smallest absolute Gasteiger partial charge is 0.321 e. The fraction of sp³-hybridized carbons (Fsp3) is 0.393. The maximum Gasteiger partial charge on any atom is 0.321 e. The minimum atomic E-state index is -1.38. The molecule has 0 unspecified atom stereocenters. The molecule has 0 bridgehead atoms. The number of benzene rings is 2. The number of carbonyl (C=O) groups excluding carboxylic acids is 4. The third-order valence-electron chi connectivity index (χ3n) is 6.71. The number of benzodiazepines with no additional fused rings is 1. The number of urea groups is 1. The molecule has 2 aliphatic rings. The monoisotopic (exact) mass is 503 g/mol. The number of rotatable bonds is 5. The van der Waals surface area contributed by atoms with Crippen LogP contribution in [0.3, 0.4) is 0 Å². The number of hydrogen-bond acceptors (Lipinski definition) is 5. The number of carbonyl (C=O) groups is 4. The molecule has 2 aliphatic heterocycles. The Hall–Kier alpha value is -4.01. The zero-order valence-corrected chi connectivity index (χ0v) is 21.3. The molecular weight excluding hydrogens is 470 g/mol. The molecule has 9 heteroatoms. The molecule has 0 spiro atoms. The second-order valence-corrected chi connectivity index (χ2v) is 9.55. The van der Waals surface area contributed by atoms with Crippen molar-refractivity contribution >= 4 is 41.2 Å². The summed E-state index contributed by atoms with van der Waals surface area (Å²) in [5.41, 5.74) is 3.19. The first-order valence-electron chi connectivity index (χ1n) is 12.7. The summed E-state index contributed by atoms with van der Waals surface area (Å²) in [4.78, 5) is 59.5. The molecule has 0 aromatic heterocycles. The Labute approximate surface area is 216 Å². The van der Waals surface area contributed by atoms with Gasteiger partial charge >= 0.3 is 6.03 Å². The van der Waals surface area contributed by atoms with Gasteiger partial charge in [-0.1, -0.05) is 49.6 Å². The Morgan fingerprint density at radius 2 is 1.73 bits per heavy atom. The van der Waals surface area contributed by atoms with Gasteiger partial charge in [0.25, 0.3) is 5.91 Å². The second-order valence-electron chi connectivity index (χ2n) is 9.55. The molecule has 0 aliphatic carbocycles. The van der Waals surface area contributed by atoms with Gasteiger partial charge in [0, 0.05) is 24.3 Å². The minimum absolute atomic E-state index is 0.0362. The second kappa shape index (κ2) is 11.8. The van der Waals surface area contributed by atoms with Crippen LogP contribution in [0.25, 0.3) is 0 Å². The molecule has 2 aromatic rings. The molecule has 37 heavy (non-hydrogen) atoms. The quantitative estimate of drug-likeness (QED) is 0.608. The SMILES string of the molecule is Cc1cccc(NC(=O)N[C@@H]2N=C(C=O)c3cccc(C)c3N(CC(=O)N3CCCCCCC3)C2=O)c1. The minimum Gasteiger partial charge on any atom is -0.341 e. The van der Waals surface area contributed by atoms with Crippen LogP contribution >= 0.6 is 0 Å². The van der Waals surface area contributed by atoms with Crippen LogP contribution in [0.4, 0.5) is 16.2 Å². The zero-order chi connectivity index (χ0) is 26.4. The van der Waals surface area contributed by atoms with E-state index >= 15 is 0 Å². The van der Waals surface area contributed by atoms with E-state index in [1.165, 1.54) is 11.3 Å². The molecule has 1 fully saturated rings. The summed E-state index contributed by atoms with van der Waals surface area (Å²) in [7, 11) is 0. The van der Waals surface area contributed by atoms with Crippen LogP contribution in [0.5, 0.6) is 0 Å². The summed E-state index contributed by atoms with van der Waals surface area (Å²) in [5.74, 6) is -0.742. The van der Waals surface area contributed by atoms with Crippen LogP contribution in [0.1, 0.15) is 48.8 Å². The molecule has 4 amide bonds. The predicted octanol–water partition coefficient (Wildman–Crippen LogP) is 3.58. The number of amides is 4. The normalized spacial score (nSPS) is 18.1. The Morgan fingerprint density at radius 3 is 2.43 bits per heavy atom. The lowest BCUT2D eigenvalue weighted by atomic mass is 10.0. The molecular formula is C28H33N5O4. The highest BCUT2D eigenvalue weighted by Crippen LogP contribution is 2.29. The highest BCUT2D eigenvalue weighted by Gasteiger charge is 2.35. The molecule has 194 valence electrons. The largest absolute Gasteiger partial charge is 0.341 e. The van der Waals surface area contributed by atoms with E-state index in [0.717, 1.165) is 36.8 Å². The van der Waals surface area contributed by atoms with Gasteiger partial charge in [0.1, 0.15) is 12.3 Å². The number of likely N-dealkylation sites (tertiary alicyclic amines) is 1. The lowest BCUT2D eigenvalue weighted by Crippen LogP contribution is -2.52. The number of nitrogens with one attached hydrogen (secondary N) is 2. The third kappa shape index (κ3) is 6.22. The molecule has 0 radical (unpaired) electrons. The fourth-order valence-corrected chi connectivity index (χ4v) is 4.84. The Balaban J connectivity index is 1.63. The Bertz CT molecular complexity index is 1220. The number of aldehydes is 1. The first-order chi connectivity index (χ1) is 17.9. The van der Waals surface area contributed by atoms with Crippen molar-refractivity contribution in [2.75, 3.05) is 29.9 Å². The van der Waals surface area contributed by atoms with E-state index in [2.05, 4.69) is 15.6 Å². The highest BCUT2D eigenvalue weighted by molar-refractivity contribution is 6.39. The number of hydrogen-bond donors (Lipinski definition) is 2. The maximum absolute atomic E-state index is 13.8. The van der Waals surface area contributed by atoms with Gasteiger partial charge in [-0.2, -0.15) is 0 Å². The van der Waals surface area contributed by atoms with Gasteiger partial charge in [0.2, 0.25) is 12.1 Å². The summed E-state index contributed by atoms with van der Waals surface area (Å²) in [6.45, 7) is 4.83. The van der Waals surface area contributed by atoms with Crippen molar-refractivity contribution in [2.24, 2.45) is 4.99 Å². The van der Waals surface area contributed by atoms with E-state index < -0.39 is 18.1 Å². The summed E-state index contributed by atoms with van der Waals surface area (Å²) in [6.07, 6.45) is 4.37. The van der Waals surface area contributed by atoms with Crippen molar-refractivity contribution in [3.63, 3.8) is 0 Å². The van der Waals surface area contributed by atoms with Gasteiger partial charge in [0.15, 0.2) is 6.29 Å². The number of nitrogens with zero attached hydrogens (tertiary/aromatic N) is 3. The molecule has 2 heterocycles. The van der Waals surface area contributed by atoms with Gasteiger partial charge in [-0.15, -0.1) is 0 Å². The standard InChI is InChI=1S/C28H33N5O4/c1-19-10-8-12-21(16-19)29-28(37)31-26-27(36)33(17-24(35)32-14-6-4-3-5-7-15-32)25-20(2)11-9-13-22(25)23(18-34)30-26/h8-13,16,18,26H,3-7,14-15,17H2,1-2H3,(H2,29,31,37)/t26-/m0/s1. The zero-order valence-electron chi connectivity index (χ0n) is 21.3. The number of para-hydroxylation sites is 1. The summed E-state index contributed by atoms with van der Waals surface area (Å²) in [5, 5.41) is 5.29. The summed E-state index contributed by atoms with van der Waals surface area (Å²) in [6, 6.07) is 11.9. The fourth-order valence-electron chi connectivity index (χ4n) is 4.84. The molecule has 9 nitrogen and oxygen atoms in total. The Kier molecular flexibility index (Phi) is 8.32. The third-order valence-corrected chi connectivity index (χ3v) is 6.71. The van der Waals surface area contributed by atoms with Gasteiger partial charge in [-0.3, -0.25) is 19.3 Å². The molecule has 0 saturated carbocycles. The molecule has 2 aromatic carbocycles. The number of anilines is 2. The number of aliphatic imine (C=N–C) groups is 1. The first kappa shape index (κ1) is 26.1. The van der Waals surface area contributed by atoms with Crippen molar-refractivity contribution < 1.29 is 19.2 Å². The molecule has 1 atom stereocenters. The van der Waals surface area contributed by atoms with Crippen LogP contribution < -0.4 is 15.5 Å². The van der Waals surface area contributed by atoms with Crippen molar-refractivity contribution in [3.05, 3.63) is 59.2 Å². The first-order valence-corrected chi connectivity index (χ1v) is 12.7. The molecule has 2 N–H and O–H groups in total. The van der Waals surface area contributed by atoms with Crippen molar-refractivity contribution in [3.8, 4) is 0 Å². The average Bonchev–Trinajstić information content (AvgIpc) is 2.94. The van der Waals surface area contributed by atoms with E-state index in [0.29, 0.717) is 36.3 Å². The number of fused-ring (bicyclic) bond motifs is 1. The van der Waals surface area contributed by atoms with Crippen molar-refractivity contribution in [1.29, 1.82) is 0 Å². The highest BCUT2D eigenvalue weighted by atomic mass is 16.2. The van der Waals surface area contributed by atoms with Gasteiger partial charge in [-0.05, 0) is 49.9 Å². The Morgan fingerprint density at radius 1 is 1.03 bits per heavy atom. The van der Waals surface area contributed by atoms with E-state index in [-0.39, 0.29) is 18.2 Å².